The van der Waals surface area contributed by atoms with Gasteiger partial charge in [0, 0.05) is 37.7 Å². The Morgan fingerprint density at radius 1 is 1.09 bits per heavy atom. The standard InChI is InChI=1S/C25H34N7O3/c1-5-31-19-7-6-17(12-18(19)27-20(31)13-35-4)21-22-23(32(2,3)16-26-22)29-24(28-21)30-10-8-25(14-33,15-34)9-11-30/h6-7,12,16,33-34H,5,8-11,13-15H2,1-4H3/q+1. The van der Waals surface area contributed by atoms with Gasteiger partial charge < -0.3 is 24.4 Å². The monoisotopic (exact) mass is 480 g/mol. The lowest BCUT2D eigenvalue weighted by Crippen LogP contribution is -2.45. The van der Waals surface area contributed by atoms with Gasteiger partial charge in [-0.25, -0.2) is 14.5 Å². The molecule has 4 heterocycles. The number of aliphatic imine (C=N–C) groups is 1. The molecule has 1 aromatic carbocycles. The number of anilines is 1. The fraction of sp³-hybridized carbons (Fsp3) is 0.520. The van der Waals surface area contributed by atoms with Crippen LogP contribution < -0.4 is 9.38 Å². The Hall–Kier alpha value is -2.92. The zero-order chi connectivity index (χ0) is 24.8. The van der Waals surface area contributed by atoms with E-state index in [4.69, 9.17) is 24.7 Å². The highest BCUT2D eigenvalue weighted by Crippen LogP contribution is 2.43. The van der Waals surface area contributed by atoms with Crippen LogP contribution in [0.15, 0.2) is 23.2 Å². The van der Waals surface area contributed by atoms with E-state index in [0.29, 0.717) is 43.0 Å². The molecule has 0 saturated carbocycles. The van der Waals surface area contributed by atoms with E-state index in [1.54, 1.807) is 7.11 Å². The number of benzene rings is 1. The Bertz CT molecular complexity index is 1270. The summed E-state index contributed by atoms with van der Waals surface area (Å²) < 4.78 is 7.95. The van der Waals surface area contributed by atoms with Gasteiger partial charge in [-0.05, 0) is 31.9 Å². The Kier molecular flexibility index (Phi) is 6.08. The number of aromatic nitrogens is 4. The number of hydrogen-bond donors (Lipinski definition) is 2. The van der Waals surface area contributed by atoms with Crippen LogP contribution >= 0.6 is 0 Å². The van der Waals surface area contributed by atoms with Crippen molar-refractivity contribution < 1.29 is 14.9 Å². The van der Waals surface area contributed by atoms with Crippen LogP contribution in [0.3, 0.4) is 0 Å². The van der Waals surface area contributed by atoms with Crippen LogP contribution in [0.2, 0.25) is 0 Å². The van der Waals surface area contributed by atoms with Gasteiger partial charge >= 0.3 is 0 Å². The highest BCUT2D eigenvalue weighted by atomic mass is 16.5. The molecule has 2 aliphatic heterocycles. The zero-order valence-corrected chi connectivity index (χ0v) is 20.9. The second kappa shape index (κ2) is 8.94. The van der Waals surface area contributed by atoms with Crippen LogP contribution in [0.1, 0.15) is 25.6 Å². The molecule has 1 saturated heterocycles. The minimum Gasteiger partial charge on any atom is -0.396 e. The number of aliphatic hydroxyl groups excluding tert-OH is 2. The van der Waals surface area contributed by atoms with E-state index < -0.39 is 5.41 Å². The van der Waals surface area contributed by atoms with Crippen molar-refractivity contribution in [1.29, 1.82) is 0 Å². The zero-order valence-electron chi connectivity index (χ0n) is 20.9. The highest BCUT2D eigenvalue weighted by Gasteiger charge is 2.37. The van der Waals surface area contributed by atoms with Gasteiger partial charge in [-0.1, -0.05) is 6.07 Å². The first kappa shape index (κ1) is 23.8. The molecule has 3 aromatic rings. The lowest BCUT2D eigenvalue weighted by Gasteiger charge is -2.39. The van der Waals surface area contributed by atoms with Crippen molar-refractivity contribution in [3.05, 3.63) is 24.0 Å². The fourth-order valence-electron chi connectivity index (χ4n) is 5.02. The summed E-state index contributed by atoms with van der Waals surface area (Å²) in [4.78, 5) is 21.6. The van der Waals surface area contributed by atoms with Crippen molar-refractivity contribution in [2.24, 2.45) is 10.4 Å². The quantitative estimate of drug-likeness (QED) is 0.500. The molecule has 35 heavy (non-hydrogen) atoms. The summed E-state index contributed by atoms with van der Waals surface area (Å²) in [5, 5.41) is 19.6. The summed E-state index contributed by atoms with van der Waals surface area (Å²) in [5.74, 6) is 2.40. The van der Waals surface area contributed by atoms with Crippen LogP contribution in [0, 0.1) is 5.41 Å². The number of aryl methyl sites for hydroxylation is 1. The first-order chi connectivity index (χ1) is 16.8. The molecular weight excluding hydrogens is 446 g/mol. The molecule has 0 bridgehead atoms. The third-order valence-electron chi connectivity index (χ3n) is 7.34. The van der Waals surface area contributed by atoms with Crippen LogP contribution in [-0.4, -0.2) is 83.6 Å². The average molecular weight is 481 g/mol. The van der Waals surface area contributed by atoms with E-state index >= 15 is 0 Å². The smallest absolute Gasteiger partial charge is 0.265 e. The number of methoxy groups -OCH3 is 1. The molecule has 2 aliphatic rings. The number of aliphatic hydroxyl groups is 2. The molecule has 5 rings (SSSR count). The molecule has 0 radical (unpaired) electrons. The van der Waals surface area contributed by atoms with Gasteiger partial charge in [0.2, 0.25) is 5.95 Å². The van der Waals surface area contributed by atoms with Crippen molar-refractivity contribution in [2.45, 2.75) is 32.9 Å². The molecule has 2 N–H and O–H groups in total. The van der Waals surface area contributed by atoms with Gasteiger partial charge in [0.15, 0.2) is 12.0 Å². The number of rotatable bonds is 7. The van der Waals surface area contributed by atoms with Crippen molar-refractivity contribution >= 4 is 34.8 Å². The maximum absolute atomic E-state index is 9.80. The number of quaternary nitrogens is 1. The summed E-state index contributed by atoms with van der Waals surface area (Å²) >= 11 is 0. The molecule has 2 aromatic heterocycles. The lowest BCUT2D eigenvalue weighted by atomic mass is 9.80. The Morgan fingerprint density at radius 3 is 2.49 bits per heavy atom. The van der Waals surface area contributed by atoms with Gasteiger partial charge in [0.05, 0.1) is 38.3 Å². The molecule has 0 unspecified atom stereocenters. The van der Waals surface area contributed by atoms with Crippen LogP contribution in [0.25, 0.3) is 22.3 Å². The first-order valence-corrected chi connectivity index (χ1v) is 12.1. The molecule has 186 valence electrons. The van der Waals surface area contributed by atoms with E-state index in [0.717, 1.165) is 46.2 Å². The third-order valence-corrected chi connectivity index (χ3v) is 7.34. The predicted octanol–water partition coefficient (Wildman–Crippen LogP) is 2.47. The molecule has 1 fully saturated rings. The topological polar surface area (TPSA) is 109 Å². The molecule has 0 aliphatic carbocycles. The summed E-state index contributed by atoms with van der Waals surface area (Å²) in [6.07, 6.45) is 3.26. The Balaban J connectivity index is 1.58. The van der Waals surface area contributed by atoms with E-state index in [1.807, 2.05) is 6.34 Å². The number of fused-ring (bicyclic) bond motifs is 2. The maximum atomic E-state index is 9.80. The lowest BCUT2D eigenvalue weighted by molar-refractivity contribution is 0.0338. The molecule has 10 nitrogen and oxygen atoms in total. The summed E-state index contributed by atoms with van der Waals surface area (Å²) in [6.45, 7) is 4.70. The van der Waals surface area contributed by atoms with Gasteiger partial charge in [0.1, 0.15) is 18.1 Å². The Labute approximate surface area is 205 Å². The van der Waals surface area contributed by atoms with Crippen LogP contribution in [0.5, 0.6) is 0 Å². The van der Waals surface area contributed by atoms with E-state index in [-0.39, 0.29) is 13.2 Å². The van der Waals surface area contributed by atoms with E-state index in [2.05, 4.69) is 48.7 Å². The minimum atomic E-state index is -0.433. The normalized spacial score (nSPS) is 18.4. The molecule has 10 heteroatoms. The molecule has 0 atom stereocenters. The Morgan fingerprint density at radius 2 is 1.83 bits per heavy atom. The molecule has 0 amide bonds. The third kappa shape index (κ3) is 4.00. The largest absolute Gasteiger partial charge is 0.396 e. The average Bonchev–Trinajstić information content (AvgIpc) is 3.39. The van der Waals surface area contributed by atoms with Crippen molar-refractivity contribution in [3.8, 4) is 11.3 Å². The van der Waals surface area contributed by atoms with E-state index in [1.165, 1.54) is 0 Å². The van der Waals surface area contributed by atoms with Gasteiger partial charge in [-0.2, -0.15) is 9.98 Å². The van der Waals surface area contributed by atoms with E-state index in [9.17, 15) is 10.2 Å². The van der Waals surface area contributed by atoms with Crippen molar-refractivity contribution in [2.75, 3.05) is 52.4 Å². The second-order valence-electron chi connectivity index (χ2n) is 10.0. The number of imidazole rings is 1. The van der Waals surface area contributed by atoms with Gasteiger partial charge in [-0.3, -0.25) is 0 Å². The fourth-order valence-corrected chi connectivity index (χ4v) is 5.02. The second-order valence-corrected chi connectivity index (χ2v) is 10.0. The summed E-state index contributed by atoms with van der Waals surface area (Å²) in [7, 11) is 5.79. The number of piperidine rings is 1. The summed E-state index contributed by atoms with van der Waals surface area (Å²) in [5.41, 5.74) is 4.04. The first-order valence-electron chi connectivity index (χ1n) is 12.1. The van der Waals surface area contributed by atoms with Crippen LogP contribution in [-0.2, 0) is 17.9 Å². The summed E-state index contributed by atoms with van der Waals surface area (Å²) in [6, 6.07) is 6.23. The van der Waals surface area contributed by atoms with Crippen LogP contribution in [0.4, 0.5) is 17.5 Å². The molecular formula is C25H34N7O3+. The number of nitrogens with zero attached hydrogens (tertiary/aromatic N) is 7. The molecule has 0 spiro atoms. The number of hydrogen-bond acceptors (Lipinski definition) is 8. The van der Waals surface area contributed by atoms with Crippen molar-refractivity contribution in [3.63, 3.8) is 0 Å². The SMILES string of the molecule is CCn1c(COC)nc2cc(-c3nc(N4CCC(CO)(CO)CC4)nc4c3N=C[N+]4(C)C)ccc21. The van der Waals surface area contributed by atoms with Crippen molar-refractivity contribution in [1.82, 2.24) is 24.0 Å². The van der Waals surface area contributed by atoms with Gasteiger partial charge in [0.25, 0.3) is 5.82 Å². The number of ether oxygens (including phenoxy) is 1. The predicted molar refractivity (Wildman–Crippen MR) is 137 cm³/mol. The highest BCUT2D eigenvalue weighted by molar-refractivity contribution is 5.94. The minimum absolute atomic E-state index is 0.0130. The maximum Gasteiger partial charge on any atom is 0.265 e. The van der Waals surface area contributed by atoms with Gasteiger partial charge in [-0.15, -0.1) is 0 Å².